The van der Waals surface area contributed by atoms with Crippen molar-refractivity contribution in [2.75, 3.05) is 25.5 Å². The molecule has 2 aromatic heterocycles. The number of methoxy groups -OCH3 is 1. The number of anilines is 2. The zero-order valence-electron chi connectivity index (χ0n) is 15.8. The van der Waals surface area contributed by atoms with Crippen molar-refractivity contribution in [1.29, 1.82) is 0 Å². The van der Waals surface area contributed by atoms with Crippen molar-refractivity contribution in [1.82, 2.24) is 19.9 Å². The minimum atomic E-state index is 0.777. The second-order valence-electron chi connectivity index (χ2n) is 6.90. The zero-order valence-corrected chi connectivity index (χ0v) is 16.6. The molecule has 0 unspecified atom stereocenters. The van der Waals surface area contributed by atoms with Crippen LogP contribution in [0.4, 0.5) is 10.8 Å². The third-order valence-electron chi connectivity index (χ3n) is 4.80. The normalized spacial score (nSPS) is 15.0. The largest absolute Gasteiger partial charge is 0.496 e. The molecule has 0 radical (unpaired) electrons. The maximum Gasteiger partial charge on any atom is 0.187 e. The summed E-state index contributed by atoms with van der Waals surface area (Å²) in [4.78, 5) is 16.0. The minimum absolute atomic E-state index is 0.777. The average Bonchev–Trinajstić information content (AvgIpc) is 3.31. The molecule has 6 nitrogen and oxygen atoms in total. The Morgan fingerprint density at radius 1 is 1.26 bits per heavy atom. The summed E-state index contributed by atoms with van der Waals surface area (Å²) in [6.07, 6.45) is 7.86. The maximum absolute atomic E-state index is 5.57. The summed E-state index contributed by atoms with van der Waals surface area (Å²) in [5, 5.41) is 4.31. The summed E-state index contributed by atoms with van der Waals surface area (Å²) < 4.78 is 5.57. The van der Waals surface area contributed by atoms with Gasteiger partial charge in [-0.2, -0.15) is 0 Å². The van der Waals surface area contributed by atoms with Crippen molar-refractivity contribution in [2.45, 2.75) is 32.7 Å². The van der Waals surface area contributed by atoms with Gasteiger partial charge in [0, 0.05) is 35.6 Å². The number of rotatable bonds is 6. The number of aromatic amines is 1. The molecule has 0 amide bonds. The Bertz CT molecular complexity index is 897. The Labute approximate surface area is 163 Å². The molecule has 0 atom stereocenters. The van der Waals surface area contributed by atoms with E-state index in [2.05, 4.69) is 25.2 Å². The monoisotopic (exact) mass is 383 g/mol. The predicted octanol–water partition coefficient (Wildman–Crippen LogP) is 4.58. The molecular weight excluding hydrogens is 358 g/mol. The smallest absolute Gasteiger partial charge is 0.187 e. The Balaban J connectivity index is 1.46. The second kappa shape index (κ2) is 8.10. The Kier molecular flexibility index (Phi) is 5.40. The number of likely N-dealkylation sites (tertiary alicyclic amines) is 1. The molecule has 1 saturated heterocycles. The van der Waals surface area contributed by atoms with E-state index in [4.69, 9.17) is 4.74 Å². The summed E-state index contributed by atoms with van der Waals surface area (Å²) in [5.41, 5.74) is 2.86. The van der Waals surface area contributed by atoms with Crippen LogP contribution in [-0.2, 0) is 6.54 Å². The minimum Gasteiger partial charge on any atom is -0.496 e. The summed E-state index contributed by atoms with van der Waals surface area (Å²) in [6.45, 7) is 5.36. The first-order chi connectivity index (χ1) is 13.2. The molecule has 1 aliphatic rings. The van der Waals surface area contributed by atoms with Crippen molar-refractivity contribution in [3.05, 3.63) is 41.2 Å². The van der Waals surface area contributed by atoms with Crippen molar-refractivity contribution in [3.8, 4) is 17.1 Å². The molecule has 0 spiro atoms. The molecule has 3 aromatic rings. The van der Waals surface area contributed by atoms with Gasteiger partial charge in [-0.05, 0) is 45.0 Å². The maximum atomic E-state index is 5.57. The number of piperidine rings is 1. The van der Waals surface area contributed by atoms with Gasteiger partial charge < -0.3 is 15.0 Å². The molecule has 1 aromatic carbocycles. The molecule has 1 aliphatic heterocycles. The van der Waals surface area contributed by atoms with E-state index in [1.165, 1.54) is 37.2 Å². The molecule has 0 aliphatic carbocycles. The van der Waals surface area contributed by atoms with Crippen LogP contribution in [-0.4, -0.2) is 40.1 Å². The van der Waals surface area contributed by atoms with E-state index in [0.29, 0.717) is 0 Å². The van der Waals surface area contributed by atoms with E-state index < -0.39 is 0 Å². The predicted molar refractivity (Wildman–Crippen MR) is 110 cm³/mol. The van der Waals surface area contributed by atoms with E-state index >= 15 is 0 Å². The fourth-order valence-corrected chi connectivity index (χ4v) is 4.29. The van der Waals surface area contributed by atoms with Crippen molar-refractivity contribution < 1.29 is 4.74 Å². The van der Waals surface area contributed by atoms with Crippen LogP contribution in [0.3, 0.4) is 0 Å². The van der Waals surface area contributed by atoms with Crippen LogP contribution in [0.2, 0.25) is 0 Å². The standard InChI is InChI=1S/C20H25N5OS/c1-14-11-21-19(23-14)17-7-6-15(10-18(17)26-2)24-20-22-12-16(27-20)13-25-8-4-3-5-9-25/h6-7,10-12H,3-5,8-9,13H2,1-2H3,(H,21,23)(H,22,24). The van der Waals surface area contributed by atoms with Crippen LogP contribution >= 0.6 is 11.3 Å². The van der Waals surface area contributed by atoms with Gasteiger partial charge in [-0.15, -0.1) is 11.3 Å². The molecule has 3 heterocycles. The number of nitrogens with zero attached hydrogens (tertiary/aromatic N) is 3. The number of benzene rings is 1. The number of aryl methyl sites for hydroxylation is 1. The Hall–Kier alpha value is -2.38. The third kappa shape index (κ3) is 4.31. The first-order valence-electron chi connectivity index (χ1n) is 9.36. The fourth-order valence-electron chi connectivity index (χ4n) is 3.42. The number of imidazole rings is 1. The lowest BCUT2D eigenvalue weighted by atomic mass is 10.1. The summed E-state index contributed by atoms with van der Waals surface area (Å²) in [6, 6.07) is 6.03. The Morgan fingerprint density at radius 2 is 2.11 bits per heavy atom. The van der Waals surface area contributed by atoms with Gasteiger partial charge in [0.1, 0.15) is 11.6 Å². The van der Waals surface area contributed by atoms with Crippen LogP contribution < -0.4 is 10.1 Å². The van der Waals surface area contributed by atoms with Gasteiger partial charge in [0.25, 0.3) is 0 Å². The highest BCUT2D eigenvalue weighted by Gasteiger charge is 2.13. The first-order valence-corrected chi connectivity index (χ1v) is 10.2. The van der Waals surface area contributed by atoms with Crippen molar-refractivity contribution in [2.24, 2.45) is 0 Å². The van der Waals surface area contributed by atoms with Gasteiger partial charge in [0.15, 0.2) is 5.13 Å². The topological polar surface area (TPSA) is 66.1 Å². The summed E-state index contributed by atoms with van der Waals surface area (Å²) in [5.74, 6) is 1.59. The molecule has 0 bridgehead atoms. The average molecular weight is 384 g/mol. The highest BCUT2D eigenvalue weighted by Crippen LogP contribution is 2.32. The van der Waals surface area contributed by atoms with Crippen LogP contribution in [0.1, 0.15) is 29.8 Å². The van der Waals surface area contributed by atoms with Crippen LogP contribution in [0, 0.1) is 6.92 Å². The van der Waals surface area contributed by atoms with Gasteiger partial charge >= 0.3 is 0 Å². The van der Waals surface area contributed by atoms with E-state index in [1.54, 1.807) is 18.4 Å². The Morgan fingerprint density at radius 3 is 2.85 bits per heavy atom. The number of thiazole rings is 1. The van der Waals surface area contributed by atoms with Gasteiger partial charge in [-0.3, -0.25) is 4.90 Å². The van der Waals surface area contributed by atoms with Crippen molar-refractivity contribution in [3.63, 3.8) is 0 Å². The quantitative estimate of drug-likeness (QED) is 0.652. The number of hydrogen-bond donors (Lipinski definition) is 2. The molecule has 0 saturated carbocycles. The molecule has 142 valence electrons. The number of hydrogen-bond acceptors (Lipinski definition) is 6. The first kappa shape index (κ1) is 18.0. The lowest BCUT2D eigenvalue weighted by Gasteiger charge is -2.25. The molecule has 2 N–H and O–H groups in total. The van der Waals surface area contributed by atoms with E-state index in [-0.39, 0.29) is 0 Å². The van der Waals surface area contributed by atoms with Crippen LogP contribution in [0.25, 0.3) is 11.4 Å². The lowest BCUT2D eigenvalue weighted by molar-refractivity contribution is 0.222. The summed E-state index contributed by atoms with van der Waals surface area (Å²) in [7, 11) is 1.68. The van der Waals surface area contributed by atoms with Gasteiger partial charge in [-0.1, -0.05) is 6.42 Å². The molecule has 1 fully saturated rings. The molecule has 7 heteroatoms. The molecule has 4 rings (SSSR count). The van der Waals surface area contributed by atoms with Crippen molar-refractivity contribution >= 4 is 22.2 Å². The third-order valence-corrected chi connectivity index (χ3v) is 5.69. The number of H-pyrrole nitrogens is 1. The molecule has 27 heavy (non-hydrogen) atoms. The van der Waals surface area contributed by atoms with Gasteiger partial charge in [0.2, 0.25) is 0 Å². The number of aromatic nitrogens is 3. The fraction of sp³-hybridized carbons (Fsp3) is 0.400. The summed E-state index contributed by atoms with van der Waals surface area (Å²) >= 11 is 1.72. The second-order valence-corrected chi connectivity index (χ2v) is 8.01. The SMILES string of the molecule is COc1cc(Nc2ncc(CN3CCCCC3)s2)ccc1-c1nc(C)c[nH]1. The lowest BCUT2D eigenvalue weighted by Crippen LogP contribution is -2.28. The van der Waals surface area contributed by atoms with Crippen LogP contribution in [0.5, 0.6) is 5.75 Å². The van der Waals surface area contributed by atoms with E-state index in [0.717, 1.165) is 40.2 Å². The van der Waals surface area contributed by atoms with Gasteiger partial charge in [0.05, 0.1) is 18.4 Å². The van der Waals surface area contributed by atoms with Gasteiger partial charge in [-0.25, -0.2) is 9.97 Å². The number of ether oxygens (including phenoxy) is 1. The highest BCUT2D eigenvalue weighted by molar-refractivity contribution is 7.15. The van der Waals surface area contributed by atoms with E-state index in [1.807, 2.05) is 37.5 Å². The highest BCUT2D eigenvalue weighted by atomic mass is 32.1. The van der Waals surface area contributed by atoms with Crippen LogP contribution in [0.15, 0.2) is 30.6 Å². The number of nitrogens with one attached hydrogen (secondary N) is 2. The zero-order chi connectivity index (χ0) is 18.6. The van der Waals surface area contributed by atoms with E-state index in [9.17, 15) is 0 Å². The molecular formula is C20H25N5OS.